The van der Waals surface area contributed by atoms with E-state index in [1.807, 2.05) is 6.20 Å². The molecule has 0 unspecified atom stereocenters. The van der Waals surface area contributed by atoms with Gasteiger partial charge in [0.2, 0.25) is 0 Å². The average Bonchev–Trinajstić information content (AvgIpc) is 2.44. The molecule has 1 aliphatic carbocycles. The van der Waals surface area contributed by atoms with Crippen molar-refractivity contribution in [1.82, 2.24) is 10.3 Å². The zero-order valence-electron chi connectivity index (χ0n) is 10.5. The van der Waals surface area contributed by atoms with Crippen LogP contribution in [0, 0.1) is 5.92 Å². The molecule has 1 aliphatic heterocycles. The standard InChI is InChI=1S/C15H18N2O/c18-15-13-6-7-16-10-14(13)12(9-17-15)8-11-4-2-1-3-5-11/h6-8,10-11H,1-5,9H2,(H,17,18)/b12-8+. The van der Waals surface area contributed by atoms with Crippen LogP contribution in [-0.2, 0) is 0 Å². The number of carbonyl (C=O) groups is 1. The van der Waals surface area contributed by atoms with E-state index >= 15 is 0 Å². The Labute approximate surface area is 107 Å². The molecule has 2 heterocycles. The van der Waals surface area contributed by atoms with Gasteiger partial charge in [-0.3, -0.25) is 9.78 Å². The maximum absolute atomic E-state index is 11.8. The van der Waals surface area contributed by atoms with Gasteiger partial charge < -0.3 is 5.32 Å². The third-order valence-corrected chi connectivity index (χ3v) is 3.94. The topological polar surface area (TPSA) is 42.0 Å². The first-order valence-electron chi connectivity index (χ1n) is 6.78. The predicted molar refractivity (Wildman–Crippen MR) is 71.1 cm³/mol. The van der Waals surface area contributed by atoms with Crippen molar-refractivity contribution in [3.63, 3.8) is 0 Å². The average molecular weight is 242 g/mol. The fourth-order valence-corrected chi connectivity index (χ4v) is 2.95. The largest absolute Gasteiger partial charge is 0.348 e. The van der Waals surface area contributed by atoms with Crippen LogP contribution in [0.25, 0.3) is 5.57 Å². The molecule has 0 saturated heterocycles. The number of hydrogen-bond donors (Lipinski definition) is 1. The van der Waals surface area contributed by atoms with Gasteiger partial charge in [-0.2, -0.15) is 0 Å². The molecule has 0 radical (unpaired) electrons. The first-order chi connectivity index (χ1) is 8.84. The van der Waals surface area contributed by atoms with E-state index < -0.39 is 0 Å². The lowest BCUT2D eigenvalue weighted by Gasteiger charge is -2.23. The van der Waals surface area contributed by atoms with Crippen molar-refractivity contribution in [2.75, 3.05) is 6.54 Å². The van der Waals surface area contributed by atoms with Gasteiger partial charge in [-0.15, -0.1) is 0 Å². The molecular weight excluding hydrogens is 224 g/mol. The van der Waals surface area contributed by atoms with Gasteiger partial charge in [0.15, 0.2) is 0 Å². The van der Waals surface area contributed by atoms with Gasteiger partial charge in [0.05, 0.1) is 0 Å². The Morgan fingerprint density at radius 3 is 2.89 bits per heavy atom. The van der Waals surface area contributed by atoms with Crippen LogP contribution in [0.3, 0.4) is 0 Å². The van der Waals surface area contributed by atoms with E-state index in [2.05, 4.69) is 16.4 Å². The molecule has 18 heavy (non-hydrogen) atoms. The Bertz CT molecular complexity index is 487. The molecule has 1 aromatic rings. The van der Waals surface area contributed by atoms with Gasteiger partial charge in [0.25, 0.3) is 5.91 Å². The van der Waals surface area contributed by atoms with Crippen LogP contribution in [0.2, 0.25) is 0 Å². The molecule has 0 bridgehead atoms. The summed E-state index contributed by atoms with van der Waals surface area (Å²) in [6.45, 7) is 0.647. The molecule has 1 aromatic heterocycles. The van der Waals surface area contributed by atoms with Crippen molar-refractivity contribution in [3.8, 4) is 0 Å². The molecule has 1 N–H and O–H groups in total. The molecule has 3 heteroatoms. The zero-order chi connectivity index (χ0) is 12.4. The summed E-state index contributed by atoms with van der Waals surface area (Å²) in [7, 11) is 0. The maximum atomic E-state index is 11.8. The van der Waals surface area contributed by atoms with Crippen LogP contribution in [0.15, 0.2) is 24.5 Å². The van der Waals surface area contributed by atoms with Gasteiger partial charge in [-0.1, -0.05) is 25.3 Å². The number of aromatic nitrogens is 1. The van der Waals surface area contributed by atoms with Gasteiger partial charge in [-0.25, -0.2) is 0 Å². The monoisotopic (exact) mass is 242 g/mol. The van der Waals surface area contributed by atoms with Gasteiger partial charge >= 0.3 is 0 Å². The summed E-state index contributed by atoms with van der Waals surface area (Å²) < 4.78 is 0. The quantitative estimate of drug-likeness (QED) is 0.822. The second kappa shape index (κ2) is 4.92. The van der Waals surface area contributed by atoms with Crippen molar-refractivity contribution >= 4 is 11.5 Å². The smallest absolute Gasteiger partial charge is 0.252 e. The summed E-state index contributed by atoms with van der Waals surface area (Å²) in [5.41, 5.74) is 3.02. The first kappa shape index (κ1) is 11.5. The van der Waals surface area contributed by atoms with E-state index in [-0.39, 0.29) is 5.91 Å². The van der Waals surface area contributed by atoms with Crippen molar-refractivity contribution in [3.05, 3.63) is 35.7 Å². The molecule has 1 amide bonds. The minimum atomic E-state index is 0.0215. The summed E-state index contributed by atoms with van der Waals surface area (Å²) >= 11 is 0. The number of hydrogen-bond acceptors (Lipinski definition) is 2. The molecular formula is C15H18N2O. The Kier molecular flexibility index (Phi) is 3.13. The summed E-state index contributed by atoms with van der Waals surface area (Å²) in [6, 6.07) is 1.80. The first-order valence-corrected chi connectivity index (χ1v) is 6.78. The van der Waals surface area contributed by atoms with Crippen LogP contribution in [0.1, 0.15) is 48.0 Å². The van der Waals surface area contributed by atoms with Crippen molar-refractivity contribution in [2.24, 2.45) is 5.92 Å². The van der Waals surface area contributed by atoms with Gasteiger partial charge in [0, 0.05) is 30.1 Å². The molecule has 0 spiro atoms. The van der Waals surface area contributed by atoms with Crippen molar-refractivity contribution in [1.29, 1.82) is 0 Å². The molecule has 3 nitrogen and oxygen atoms in total. The third-order valence-electron chi connectivity index (χ3n) is 3.94. The van der Waals surface area contributed by atoms with Gasteiger partial charge in [-0.05, 0) is 30.4 Å². The van der Waals surface area contributed by atoms with Crippen molar-refractivity contribution in [2.45, 2.75) is 32.1 Å². The summed E-state index contributed by atoms with van der Waals surface area (Å²) in [5, 5.41) is 2.94. The van der Waals surface area contributed by atoms with E-state index in [9.17, 15) is 4.79 Å². The SMILES string of the molecule is O=C1NC/C(=C\C2CCCCC2)c2cnccc21. The Morgan fingerprint density at radius 2 is 2.06 bits per heavy atom. The van der Waals surface area contributed by atoms with Crippen molar-refractivity contribution < 1.29 is 4.79 Å². The van der Waals surface area contributed by atoms with E-state index in [0.29, 0.717) is 12.5 Å². The molecule has 2 aliphatic rings. The number of nitrogens with zero attached hydrogens (tertiary/aromatic N) is 1. The Balaban J connectivity index is 1.91. The normalized spacial score (nSPS) is 22.7. The predicted octanol–water partition coefficient (Wildman–Crippen LogP) is 2.79. The number of allylic oxidation sites excluding steroid dienone is 1. The Morgan fingerprint density at radius 1 is 1.22 bits per heavy atom. The molecule has 94 valence electrons. The summed E-state index contributed by atoms with van der Waals surface area (Å²) in [5.74, 6) is 0.699. The summed E-state index contributed by atoms with van der Waals surface area (Å²) in [4.78, 5) is 15.9. The number of nitrogens with one attached hydrogen (secondary N) is 1. The lowest BCUT2D eigenvalue weighted by Crippen LogP contribution is -2.31. The number of rotatable bonds is 1. The maximum Gasteiger partial charge on any atom is 0.252 e. The van der Waals surface area contributed by atoms with E-state index in [1.54, 1.807) is 12.3 Å². The molecule has 0 atom stereocenters. The minimum Gasteiger partial charge on any atom is -0.348 e. The van der Waals surface area contributed by atoms with E-state index in [1.165, 1.54) is 37.7 Å². The molecule has 1 fully saturated rings. The second-order valence-electron chi connectivity index (χ2n) is 5.19. The van der Waals surface area contributed by atoms with Crippen LogP contribution in [-0.4, -0.2) is 17.4 Å². The zero-order valence-corrected chi connectivity index (χ0v) is 10.5. The van der Waals surface area contributed by atoms with Crippen LogP contribution >= 0.6 is 0 Å². The van der Waals surface area contributed by atoms with Crippen LogP contribution in [0.5, 0.6) is 0 Å². The number of fused-ring (bicyclic) bond motifs is 1. The highest BCUT2D eigenvalue weighted by atomic mass is 16.1. The fourth-order valence-electron chi connectivity index (χ4n) is 2.95. The molecule has 3 rings (SSSR count). The minimum absolute atomic E-state index is 0.0215. The highest BCUT2D eigenvalue weighted by Crippen LogP contribution is 2.29. The fraction of sp³-hybridized carbons (Fsp3) is 0.467. The van der Waals surface area contributed by atoms with Crippen LogP contribution in [0.4, 0.5) is 0 Å². The number of amides is 1. The molecule has 1 saturated carbocycles. The lowest BCUT2D eigenvalue weighted by atomic mass is 9.86. The summed E-state index contributed by atoms with van der Waals surface area (Å²) in [6.07, 6.45) is 12.5. The molecule has 0 aromatic carbocycles. The third kappa shape index (κ3) is 2.17. The van der Waals surface area contributed by atoms with E-state index in [0.717, 1.165) is 11.1 Å². The highest BCUT2D eigenvalue weighted by Gasteiger charge is 2.21. The van der Waals surface area contributed by atoms with Gasteiger partial charge in [0.1, 0.15) is 0 Å². The Hall–Kier alpha value is -1.64. The second-order valence-corrected chi connectivity index (χ2v) is 5.19. The number of pyridine rings is 1. The number of carbonyl (C=O) groups excluding carboxylic acids is 1. The highest BCUT2D eigenvalue weighted by molar-refractivity contribution is 6.02. The lowest BCUT2D eigenvalue weighted by molar-refractivity contribution is 0.0954. The van der Waals surface area contributed by atoms with Crippen LogP contribution < -0.4 is 5.32 Å². The van der Waals surface area contributed by atoms with E-state index in [4.69, 9.17) is 0 Å².